The summed E-state index contributed by atoms with van der Waals surface area (Å²) in [6.07, 6.45) is 4.89. The summed E-state index contributed by atoms with van der Waals surface area (Å²) in [4.78, 5) is 8.97. The Morgan fingerprint density at radius 3 is 2.95 bits per heavy atom. The first kappa shape index (κ1) is 14.2. The minimum absolute atomic E-state index is 0.128. The lowest BCUT2D eigenvalue weighted by Gasteiger charge is -2.19. The summed E-state index contributed by atoms with van der Waals surface area (Å²) >= 11 is 1.70. The van der Waals surface area contributed by atoms with E-state index in [1.807, 2.05) is 12.4 Å². The van der Waals surface area contributed by atoms with Crippen LogP contribution in [0.4, 0.5) is 0 Å². The highest BCUT2D eigenvalue weighted by Crippen LogP contribution is 2.29. The third-order valence-corrected chi connectivity index (χ3v) is 4.35. The molecule has 4 heteroatoms. The van der Waals surface area contributed by atoms with Crippen molar-refractivity contribution in [2.75, 3.05) is 6.54 Å². The van der Waals surface area contributed by atoms with Gasteiger partial charge in [0.05, 0.1) is 16.7 Å². The second-order valence-corrected chi connectivity index (χ2v) is 6.18. The van der Waals surface area contributed by atoms with Gasteiger partial charge in [0, 0.05) is 23.2 Å². The summed E-state index contributed by atoms with van der Waals surface area (Å²) < 4.78 is 0. The standard InChI is InChI=1S/C17H19N3S/c1-3-8-19-17(16-11-21-12(2)20-16)14-6-4-5-13-7-9-18-10-15(13)14/h4-7,9-11,17,19H,3,8H2,1-2H3. The number of hydrogen-bond donors (Lipinski definition) is 1. The predicted molar refractivity (Wildman–Crippen MR) is 88.7 cm³/mol. The lowest BCUT2D eigenvalue weighted by Crippen LogP contribution is -2.23. The Labute approximate surface area is 129 Å². The third kappa shape index (κ3) is 2.96. The molecule has 1 N–H and O–H groups in total. The molecule has 1 unspecified atom stereocenters. The van der Waals surface area contributed by atoms with Gasteiger partial charge in [-0.1, -0.05) is 25.1 Å². The van der Waals surface area contributed by atoms with E-state index in [1.54, 1.807) is 11.3 Å². The zero-order valence-corrected chi connectivity index (χ0v) is 13.2. The van der Waals surface area contributed by atoms with Crippen LogP contribution in [0.15, 0.2) is 42.0 Å². The van der Waals surface area contributed by atoms with E-state index in [-0.39, 0.29) is 6.04 Å². The fourth-order valence-corrected chi connectivity index (χ4v) is 3.20. The van der Waals surface area contributed by atoms with Gasteiger partial charge in [0.2, 0.25) is 0 Å². The molecular formula is C17H19N3S. The average molecular weight is 297 g/mol. The van der Waals surface area contributed by atoms with Crippen molar-refractivity contribution in [1.82, 2.24) is 15.3 Å². The van der Waals surface area contributed by atoms with Crippen LogP contribution in [0, 0.1) is 6.92 Å². The molecule has 21 heavy (non-hydrogen) atoms. The van der Waals surface area contributed by atoms with Crippen LogP contribution in [0.2, 0.25) is 0 Å². The van der Waals surface area contributed by atoms with Crippen LogP contribution in [0.25, 0.3) is 10.8 Å². The Morgan fingerprint density at radius 2 is 2.19 bits per heavy atom. The summed E-state index contributed by atoms with van der Waals surface area (Å²) in [5.41, 5.74) is 2.35. The SMILES string of the molecule is CCCNC(c1csc(C)n1)c1cccc2ccncc12. The lowest BCUT2D eigenvalue weighted by atomic mass is 9.98. The van der Waals surface area contributed by atoms with Crippen molar-refractivity contribution in [3.63, 3.8) is 0 Å². The molecule has 1 aromatic carbocycles. The van der Waals surface area contributed by atoms with Gasteiger partial charge in [0.25, 0.3) is 0 Å². The Hall–Kier alpha value is -1.78. The molecule has 3 rings (SSSR count). The summed E-state index contributed by atoms with van der Waals surface area (Å²) in [7, 11) is 0. The molecule has 0 saturated heterocycles. The maximum atomic E-state index is 4.68. The van der Waals surface area contributed by atoms with Crippen LogP contribution in [0.3, 0.4) is 0 Å². The summed E-state index contributed by atoms with van der Waals surface area (Å²) in [6, 6.07) is 8.60. The van der Waals surface area contributed by atoms with Gasteiger partial charge >= 0.3 is 0 Å². The summed E-state index contributed by atoms with van der Waals surface area (Å²) in [6.45, 7) is 5.20. The van der Waals surface area contributed by atoms with Gasteiger partial charge in [0.1, 0.15) is 0 Å². The zero-order valence-electron chi connectivity index (χ0n) is 12.3. The molecule has 0 spiro atoms. The summed E-state index contributed by atoms with van der Waals surface area (Å²) in [5, 5.41) is 9.29. The van der Waals surface area contributed by atoms with Crippen molar-refractivity contribution in [3.8, 4) is 0 Å². The van der Waals surface area contributed by atoms with Gasteiger partial charge in [-0.2, -0.15) is 0 Å². The number of hydrogen-bond acceptors (Lipinski definition) is 4. The Kier molecular flexibility index (Phi) is 4.27. The first-order valence-corrected chi connectivity index (χ1v) is 8.15. The second kappa shape index (κ2) is 6.33. The number of pyridine rings is 1. The Balaban J connectivity index is 2.09. The lowest BCUT2D eigenvalue weighted by molar-refractivity contribution is 0.591. The molecule has 3 nitrogen and oxygen atoms in total. The van der Waals surface area contributed by atoms with Crippen molar-refractivity contribution >= 4 is 22.1 Å². The van der Waals surface area contributed by atoms with Crippen LogP contribution in [0.1, 0.15) is 35.7 Å². The molecule has 0 bridgehead atoms. The van der Waals surface area contributed by atoms with E-state index in [0.29, 0.717) is 0 Å². The van der Waals surface area contributed by atoms with Crippen LogP contribution < -0.4 is 5.32 Å². The molecule has 0 aliphatic carbocycles. The van der Waals surface area contributed by atoms with E-state index in [2.05, 4.69) is 58.8 Å². The van der Waals surface area contributed by atoms with Crippen molar-refractivity contribution in [3.05, 3.63) is 58.3 Å². The molecule has 0 amide bonds. The third-order valence-electron chi connectivity index (χ3n) is 3.56. The Morgan fingerprint density at radius 1 is 1.29 bits per heavy atom. The van der Waals surface area contributed by atoms with E-state index < -0.39 is 0 Å². The molecule has 0 radical (unpaired) electrons. The molecule has 2 heterocycles. The van der Waals surface area contributed by atoms with Crippen molar-refractivity contribution < 1.29 is 0 Å². The number of nitrogens with one attached hydrogen (secondary N) is 1. The topological polar surface area (TPSA) is 37.8 Å². The zero-order chi connectivity index (χ0) is 14.7. The minimum Gasteiger partial charge on any atom is -0.305 e. The monoisotopic (exact) mass is 297 g/mol. The molecule has 0 fully saturated rings. The predicted octanol–water partition coefficient (Wildman–Crippen LogP) is 4.09. The van der Waals surface area contributed by atoms with Crippen LogP contribution in [0.5, 0.6) is 0 Å². The van der Waals surface area contributed by atoms with Crippen LogP contribution in [-0.4, -0.2) is 16.5 Å². The number of nitrogens with zero attached hydrogens (tertiary/aromatic N) is 2. The first-order valence-electron chi connectivity index (χ1n) is 7.27. The highest BCUT2D eigenvalue weighted by molar-refractivity contribution is 7.09. The number of rotatable bonds is 5. The number of aromatic nitrogens is 2. The first-order chi connectivity index (χ1) is 10.3. The van der Waals surface area contributed by atoms with Gasteiger partial charge in [-0.25, -0.2) is 4.98 Å². The minimum atomic E-state index is 0.128. The molecular weight excluding hydrogens is 278 g/mol. The number of fused-ring (bicyclic) bond motifs is 1. The number of aryl methyl sites for hydroxylation is 1. The van der Waals surface area contributed by atoms with Gasteiger partial charge in [-0.05, 0) is 36.9 Å². The van der Waals surface area contributed by atoms with Gasteiger partial charge < -0.3 is 5.32 Å². The van der Waals surface area contributed by atoms with E-state index in [9.17, 15) is 0 Å². The molecule has 1 atom stereocenters. The van der Waals surface area contributed by atoms with E-state index in [0.717, 1.165) is 23.7 Å². The van der Waals surface area contributed by atoms with E-state index >= 15 is 0 Å². The fourth-order valence-electron chi connectivity index (χ4n) is 2.56. The van der Waals surface area contributed by atoms with E-state index in [1.165, 1.54) is 16.3 Å². The highest BCUT2D eigenvalue weighted by Gasteiger charge is 2.18. The smallest absolute Gasteiger partial charge is 0.0898 e. The van der Waals surface area contributed by atoms with Gasteiger partial charge in [0.15, 0.2) is 0 Å². The summed E-state index contributed by atoms with van der Waals surface area (Å²) in [5.74, 6) is 0. The maximum absolute atomic E-state index is 4.68. The second-order valence-electron chi connectivity index (χ2n) is 5.12. The van der Waals surface area contributed by atoms with Crippen molar-refractivity contribution in [2.24, 2.45) is 0 Å². The van der Waals surface area contributed by atoms with Crippen molar-refractivity contribution in [1.29, 1.82) is 0 Å². The van der Waals surface area contributed by atoms with E-state index in [4.69, 9.17) is 0 Å². The highest BCUT2D eigenvalue weighted by atomic mass is 32.1. The fraction of sp³-hybridized carbons (Fsp3) is 0.294. The normalized spacial score (nSPS) is 12.7. The van der Waals surface area contributed by atoms with Crippen molar-refractivity contribution in [2.45, 2.75) is 26.3 Å². The largest absolute Gasteiger partial charge is 0.305 e. The van der Waals surface area contributed by atoms with Gasteiger partial charge in [-0.15, -0.1) is 11.3 Å². The van der Waals surface area contributed by atoms with Gasteiger partial charge in [-0.3, -0.25) is 4.98 Å². The number of benzene rings is 1. The molecule has 0 saturated carbocycles. The number of thiazole rings is 1. The maximum Gasteiger partial charge on any atom is 0.0898 e. The molecule has 0 aliphatic heterocycles. The van der Waals surface area contributed by atoms with Crippen LogP contribution in [-0.2, 0) is 0 Å². The molecule has 3 aromatic rings. The quantitative estimate of drug-likeness (QED) is 0.771. The molecule has 108 valence electrons. The Bertz CT molecular complexity index is 730. The average Bonchev–Trinajstić information content (AvgIpc) is 2.94. The van der Waals surface area contributed by atoms with Crippen LogP contribution >= 0.6 is 11.3 Å². The molecule has 0 aliphatic rings. The molecule has 2 aromatic heterocycles.